The Kier molecular flexibility index (Phi) is 4.98. The molecular weight excluding hydrogens is 324 g/mol. The van der Waals surface area contributed by atoms with Crippen molar-refractivity contribution in [3.8, 4) is 17.1 Å². The van der Waals surface area contributed by atoms with Crippen LogP contribution in [0.2, 0.25) is 0 Å². The summed E-state index contributed by atoms with van der Waals surface area (Å²) in [4.78, 5) is 20.0. The first-order valence-corrected chi connectivity index (χ1v) is 8.34. The standard InChI is InChI=1S/C17H22N4O4/c1-10-15(25-12-5-3-4-11(6-12)17(23)24)8-18-16(20-10)13-7-19-21(2)14(13)9-22/h7-8,11-12,22H,3-6,9H2,1-2H3,(H,23,24)/t11-,12?/m0/s1. The molecule has 0 spiro atoms. The Hall–Kier alpha value is -2.48. The highest BCUT2D eigenvalue weighted by molar-refractivity contribution is 5.70. The SMILES string of the molecule is Cc1nc(-c2cnn(C)c2CO)ncc1OC1CCC[C@H](C(=O)O)C1. The van der Waals surface area contributed by atoms with Crippen molar-refractivity contribution >= 4 is 5.97 Å². The number of aliphatic hydroxyl groups is 1. The molecule has 2 aromatic rings. The number of nitrogens with zero attached hydrogens (tertiary/aromatic N) is 4. The number of aliphatic hydroxyl groups excluding tert-OH is 1. The van der Waals surface area contributed by atoms with Crippen molar-refractivity contribution in [2.45, 2.75) is 45.3 Å². The minimum absolute atomic E-state index is 0.130. The Morgan fingerprint density at radius 2 is 2.20 bits per heavy atom. The number of carboxylic acids is 1. The molecule has 1 saturated carbocycles. The molecular formula is C17H22N4O4. The number of aromatic nitrogens is 4. The molecule has 1 aliphatic carbocycles. The molecule has 1 unspecified atom stereocenters. The zero-order valence-electron chi connectivity index (χ0n) is 14.3. The van der Waals surface area contributed by atoms with E-state index >= 15 is 0 Å². The predicted molar refractivity (Wildman–Crippen MR) is 88.9 cm³/mol. The van der Waals surface area contributed by atoms with E-state index in [-0.39, 0.29) is 18.6 Å². The van der Waals surface area contributed by atoms with Gasteiger partial charge in [-0.25, -0.2) is 9.97 Å². The first-order chi connectivity index (χ1) is 12.0. The van der Waals surface area contributed by atoms with Gasteiger partial charge >= 0.3 is 5.97 Å². The third-order valence-corrected chi connectivity index (χ3v) is 4.66. The number of rotatable bonds is 5. The van der Waals surface area contributed by atoms with E-state index in [9.17, 15) is 15.0 Å². The Morgan fingerprint density at radius 3 is 2.88 bits per heavy atom. The van der Waals surface area contributed by atoms with Crippen molar-refractivity contribution in [2.75, 3.05) is 0 Å². The highest BCUT2D eigenvalue weighted by atomic mass is 16.5. The molecule has 2 heterocycles. The molecule has 25 heavy (non-hydrogen) atoms. The first-order valence-electron chi connectivity index (χ1n) is 8.34. The van der Waals surface area contributed by atoms with Crippen LogP contribution in [0.1, 0.15) is 37.1 Å². The van der Waals surface area contributed by atoms with Gasteiger partial charge in [0, 0.05) is 7.05 Å². The summed E-state index contributed by atoms with van der Waals surface area (Å²) in [6.07, 6.45) is 5.99. The highest BCUT2D eigenvalue weighted by Crippen LogP contribution is 2.29. The van der Waals surface area contributed by atoms with E-state index in [1.807, 2.05) is 6.92 Å². The van der Waals surface area contributed by atoms with Crippen LogP contribution in [0.15, 0.2) is 12.4 Å². The molecule has 1 fully saturated rings. The fourth-order valence-corrected chi connectivity index (χ4v) is 3.19. The number of ether oxygens (including phenoxy) is 1. The summed E-state index contributed by atoms with van der Waals surface area (Å²) in [6.45, 7) is 1.68. The van der Waals surface area contributed by atoms with E-state index < -0.39 is 5.97 Å². The second-order valence-corrected chi connectivity index (χ2v) is 6.37. The number of aliphatic carboxylic acids is 1. The molecule has 0 aromatic carbocycles. The summed E-state index contributed by atoms with van der Waals surface area (Å²) in [6, 6.07) is 0. The van der Waals surface area contributed by atoms with Crippen LogP contribution in [0.25, 0.3) is 11.4 Å². The summed E-state index contributed by atoms with van der Waals surface area (Å²) in [5, 5.41) is 22.8. The lowest BCUT2D eigenvalue weighted by atomic mass is 9.87. The maximum absolute atomic E-state index is 11.2. The Morgan fingerprint density at radius 1 is 1.40 bits per heavy atom. The normalized spacial score (nSPS) is 20.4. The second kappa shape index (κ2) is 7.18. The van der Waals surface area contributed by atoms with Crippen LogP contribution < -0.4 is 4.74 Å². The molecule has 0 radical (unpaired) electrons. The van der Waals surface area contributed by atoms with E-state index in [2.05, 4.69) is 15.1 Å². The van der Waals surface area contributed by atoms with Gasteiger partial charge < -0.3 is 14.9 Å². The summed E-state index contributed by atoms with van der Waals surface area (Å²) in [5.74, 6) is -0.0604. The molecule has 8 heteroatoms. The minimum atomic E-state index is -0.760. The van der Waals surface area contributed by atoms with Gasteiger partial charge in [-0.2, -0.15) is 5.10 Å². The van der Waals surface area contributed by atoms with Crippen molar-refractivity contribution < 1.29 is 19.7 Å². The maximum atomic E-state index is 11.2. The maximum Gasteiger partial charge on any atom is 0.306 e. The molecule has 134 valence electrons. The van der Waals surface area contributed by atoms with Crippen molar-refractivity contribution in [3.05, 3.63) is 23.8 Å². The minimum Gasteiger partial charge on any atom is -0.487 e. The number of hydrogen-bond acceptors (Lipinski definition) is 6. The summed E-state index contributed by atoms with van der Waals surface area (Å²) < 4.78 is 7.55. The average molecular weight is 346 g/mol. The largest absolute Gasteiger partial charge is 0.487 e. The van der Waals surface area contributed by atoms with Gasteiger partial charge in [0.1, 0.15) is 0 Å². The van der Waals surface area contributed by atoms with E-state index in [1.165, 1.54) is 0 Å². The van der Waals surface area contributed by atoms with E-state index in [4.69, 9.17) is 4.74 Å². The van der Waals surface area contributed by atoms with Gasteiger partial charge in [0.15, 0.2) is 11.6 Å². The molecule has 0 saturated heterocycles. The molecule has 0 amide bonds. The monoisotopic (exact) mass is 346 g/mol. The lowest BCUT2D eigenvalue weighted by Crippen LogP contribution is -2.29. The van der Waals surface area contributed by atoms with Crippen molar-refractivity contribution in [1.82, 2.24) is 19.7 Å². The molecule has 2 atom stereocenters. The first kappa shape index (κ1) is 17.3. The van der Waals surface area contributed by atoms with Gasteiger partial charge in [0.2, 0.25) is 0 Å². The van der Waals surface area contributed by atoms with Gasteiger partial charge in [-0.1, -0.05) is 0 Å². The molecule has 3 rings (SSSR count). The molecule has 1 aliphatic rings. The number of hydrogen-bond donors (Lipinski definition) is 2. The lowest BCUT2D eigenvalue weighted by Gasteiger charge is -2.27. The van der Waals surface area contributed by atoms with Crippen LogP contribution in [0.4, 0.5) is 0 Å². The lowest BCUT2D eigenvalue weighted by molar-refractivity contribution is -0.143. The van der Waals surface area contributed by atoms with E-state index in [0.717, 1.165) is 12.8 Å². The Balaban J connectivity index is 1.77. The molecule has 0 aliphatic heterocycles. The summed E-state index contributed by atoms with van der Waals surface area (Å²) >= 11 is 0. The van der Waals surface area contributed by atoms with Crippen LogP contribution in [0, 0.1) is 12.8 Å². The van der Waals surface area contributed by atoms with Crippen molar-refractivity contribution in [1.29, 1.82) is 0 Å². The molecule has 2 N–H and O–H groups in total. The number of carboxylic acid groups (broad SMARTS) is 1. The van der Waals surface area contributed by atoms with Gasteiger partial charge in [0.25, 0.3) is 0 Å². The zero-order valence-corrected chi connectivity index (χ0v) is 14.3. The number of carbonyl (C=O) groups is 1. The third-order valence-electron chi connectivity index (χ3n) is 4.66. The van der Waals surface area contributed by atoms with Gasteiger partial charge in [0.05, 0.1) is 48.0 Å². The van der Waals surface area contributed by atoms with Crippen LogP contribution in [0.3, 0.4) is 0 Å². The van der Waals surface area contributed by atoms with E-state index in [0.29, 0.717) is 41.4 Å². The van der Waals surface area contributed by atoms with Gasteiger partial charge in [-0.3, -0.25) is 9.48 Å². The van der Waals surface area contributed by atoms with Crippen molar-refractivity contribution in [3.63, 3.8) is 0 Å². The summed E-state index contributed by atoms with van der Waals surface area (Å²) in [5.41, 5.74) is 2.00. The van der Waals surface area contributed by atoms with Gasteiger partial charge in [-0.05, 0) is 32.6 Å². The topological polar surface area (TPSA) is 110 Å². The quantitative estimate of drug-likeness (QED) is 0.847. The van der Waals surface area contributed by atoms with Crippen LogP contribution in [0.5, 0.6) is 5.75 Å². The van der Waals surface area contributed by atoms with Crippen molar-refractivity contribution in [2.24, 2.45) is 13.0 Å². The fraction of sp³-hybridized carbons (Fsp3) is 0.529. The number of aryl methyl sites for hydroxylation is 2. The zero-order chi connectivity index (χ0) is 18.0. The Bertz CT molecular complexity index is 774. The van der Waals surface area contributed by atoms with Crippen LogP contribution in [-0.2, 0) is 18.4 Å². The van der Waals surface area contributed by atoms with Crippen LogP contribution in [-0.4, -0.2) is 42.0 Å². The third kappa shape index (κ3) is 3.63. The molecule has 0 bridgehead atoms. The second-order valence-electron chi connectivity index (χ2n) is 6.37. The average Bonchev–Trinajstić information content (AvgIpc) is 2.97. The smallest absolute Gasteiger partial charge is 0.306 e. The molecule has 2 aromatic heterocycles. The summed E-state index contributed by atoms with van der Waals surface area (Å²) in [7, 11) is 1.75. The fourth-order valence-electron chi connectivity index (χ4n) is 3.19. The Labute approximate surface area is 145 Å². The van der Waals surface area contributed by atoms with E-state index in [1.54, 1.807) is 24.1 Å². The highest BCUT2D eigenvalue weighted by Gasteiger charge is 2.28. The molecule has 8 nitrogen and oxygen atoms in total. The van der Waals surface area contributed by atoms with Gasteiger partial charge in [-0.15, -0.1) is 0 Å². The predicted octanol–water partition coefficient (Wildman–Crippen LogP) is 1.70. The van der Waals surface area contributed by atoms with Crippen LogP contribution >= 0.6 is 0 Å².